The summed E-state index contributed by atoms with van der Waals surface area (Å²) in [6, 6.07) is 12.8. The first-order valence-corrected chi connectivity index (χ1v) is 8.17. The number of fused-ring (bicyclic) bond motifs is 1. The van der Waals surface area contributed by atoms with Crippen LogP contribution in [0.15, 0.2) is 54.9 Å². The van der Waals surface area contributed by atoms with Crippen molar-refractivity contribution in [2.45, 2.75) is 0 Å². The molecule has 4 rings (SSSR count). The number of benzene rings is 1. The van der Waals surface area contributed by atoms with E-state index in [0.29, 0.717) is 10.9 Å². The van der Waals surface area contributed by atoms with Gasteiger partial charge in [0, 0.05) is 44.6 Å². The van der Waals surface area contributed by atoms with Crippen molar-refractivity contribution in [2.24, 2.45) is 0 Å². The number of anilines is 2. The van der Waals surface area contributed by atoms with E-state index in [-0.39, 0.29) is 10.6 Å². The van der Waals surface area contributed by atoms with E-state index in [9.17, 15) is 10.1 Å². The van der Waals surface area contributed by atoms with E-state index in [0.717, 1.165) is 37.7 Å². The van der Waals surface area contributed by atoms with Crippen molar-refractivity contribution in [3.63, 3.8) is 0 Å². The molecule has 0 spiro atoms. The van der Waals surface area contributed by atoms with Gasteiger partial charge in [-0.1, -0.05) is 6.07 Å². The van der Waals surface area contributed by atoms with Gasteiger partial charge in [-0.05, 0) is 30.3 Å². The third kappa shape index (κ3) is 2.84. The second-order valence-corrected chi connectivity index (χ2v) is 5.92. The molecule has 126 valence electrons. The summed E-state index contributed by atoms with van der Waals surface area (Å²) in [7, 11) is 0. The molecule has 1 aromatic carbocycles. The Morgan fingerprint density at radius 3 is 2.36 bits per heavy atom. The topological polar surface area (TPSA) is 75.4 Å². The van der Waals surface area contributed by atoms with Crippen molar-refractivity contribution in [1.29, 1.82) is 0 Å². The summed E-state index contributed by atoms with van der Waals surface area (Å²) >= 11 is 0. The number of rotatable bonds is 3. The molecule has 0 aliphatic carbocycles. The van der Waals surface area contributed by atoms with E-state index >= 15 is 0 Å². The highest BCUT2D eigenvalue weighted by Gasteiger charge is 2.22. The minimum Gasteiger partial charge on any atom is -0.366 e. The fourth-order valence-corrected chi connectivity index (χ4v) is 3.27. The van der Waals surface area contributed by atoms with Crippen molar-refractivity contribution < 1.29 is 4.92 Å². The first kappa shape index (κ1) is 15.3. The van der Waals surface area contributed by atoms with Gasteiger partial charge in [0.05, 0.1) is 16.0 Å². The molecule has 0 atom stereocenters. The second kappa shape index (κ2) is 6.35. The third-order valence-corrected chi connectivity index (χ3v) is 4.52. The average Bonchev–Trinajstić information content (AvgIpc) is 2.68. The van der Waals surface area contributed by atoms with E-state index in [1.807, 2.05) is 24.3 Å². The number of pyridine rings is 2. The first-order chi connectivity index (χ1) is 12.2. The maximum Gasteiger partial charge on any atom is 0.278 e. The molecule has 1 aliphatic heterocycles. The van der Waals surface area contributed by atoms with Crippen LogP contribution in [0.4, 0.5) is 17.2 Å². The van der Waals surface area contributed by atoms with Gasteiger partial charge in [-0.15, -0.1) is 0 Å². The number of nitro benzene ring substituents is 1. The molecule has 1 fully saturated rings. The second-order valence-electron chi connectivity index (χ2n) is 5.92. The van der Waals surface area contributed by atoms with Crippen LogP contribution in [0.25, 0.3) is 10.9 Å². The smallest absolute Gasteiger partial charge is 0.278 e. The fraction of sp³-hybridized carbons (Fsp3) is 0.222. The predicted molar refractivity (Wildman–Crippen MR) is 97.1 cm³/mol. The van der Waals surface area contributed by atoms with Crippen LogP contribution in [0.1, 0.15) is 0 Å². The zero-order valence-corrected chi connectivity index (χ0v) is 13.6. The minimum absolute atomic E-state index is 0.0963. The summed E-state index contributed by atoms with van der Waals surface area (Å²) in [6.45, 7) is 3.34. The largest absolute Gasteiger partial charge is 0.366 e. The highest BCUT2D eigenvalue weighted by atomic mass is 16.6. The monoisotopic (exact) mass is 335 g/mol. The van der Waals surface area contributed by atoms with Crippen molar-refractivity contribution >= 4 is 28.1 Å². The summed E-state index contributed by atoms with van der Waals surface area (Å²) in [5.74, 6) is 0.980. The molecule has 0 saturated carbocycles. The standard InChI is InChI=1S/C18H17N5O2/c24-23(25)15-6-7-16(18-14(15)4-3-9-20-18)21-10-12-22(13-11-21)17-5-1-2-8-19-17/h1-9H,10-13H2. The van der Waals surface area contributed by atoms with Crippen molar-refractivity contribution in [3.05, 3.63) is 65.0 Å². The van der Waals surface area contributed by atoms with Crippen LogP contribution in [-0.4, -0.2) is 41.1 Å². The zero-order valence-electron chi connectivity index (χ0n) is 13.6. The molecule has 25 heavy (non-hydrogen) atoms. The van der Waals surface area contributed by atoms with Crippen molar-refractivity contribution in [2.75, 3.05) is 36.0 Å². The number of nitrogens with zero attached hydrogens (tertiary/aromatic N) is 5. The Labute approximate surface area is 144 Å². The molecule has 0 amide bonds. The SMILES string of the molecule is O=[N+]([O-])c1ccc(N2CCN(c3ccccn3)CC2)c2ncccc12. The Morgan fingerprint density at radius 1 is 0.880 bits per heavy atom. The molecule has 7 heteroatoms. The average molecular weight is 335 g/mol. The summed E-state index contributed by atoms with van der Waals surface area (Å²) in [5, 5.41) is 11.8. The molecule has 1 aliphatic rings. The number of aromatic nitrogens is 2. The summed E-state index contributed by atoms with van der Waals surface area (Å²) in [4.78, 5) is 24.2. The van der Waals surface area contributed by atoms with Crippen molar-refractivity contribution in [1.82, 2.24) is 9.97 Å². The van der Waals surface area contributed by atoms with Crippen LogP contribution >= 0.6 is 0 Å². The molecule has 3 aromatic rings. The normalized spacial score (nSPS) is 14.7. The first-order valence-electron chi connectivity index (χ1n) is 8.17. The van der Waals surface area contributed by atoms with Gasteiger partial charge >= 0.3 is 0 Å². The van der Waals surface area contributed by atoms with E-state index in [2.05, 4.69) is 19.8 Å². The van der Waals surface area contributed by atoms with Crippen LogP contribution in [0.2, 0.25) is 0 Å². The van der Waals surface area contributed by atoms with Crippen LogP contribution in [0, 0.1) is 10.1 Å². The molecule has 0 unspecified atom stereocenters. The van der Waals surface area contributed by atoms with Crippen molar-refractivity contribution in [3.8, 4) is 0 Å². The maximum absolute atomic E-state index is 11.3. The molecular formula is C18H17N5O2. The van der Waals surface area contributed by atoms with E-state index in [1.54, 1.807) is 30.6 Å². The lowest BCUT2D eigenvalue weighted by Crippen LogP contribution is -2.46. The lowest BCUT2D eigenvalue weighted by Gasteiger charge is -2.36. The van der Waals surface area contributed by atoms with Gasteiger partial charge in [0.2, 0.25) is 0 Å². The molecule has 0 N–H and O–H groups in total. The maximum atomic E-state index is 11.3. The third-order valence-electron chi connectivity index (χ3n) is 4.52. The number of nitro groups is 1. The van der Waals surface area contributed by atoms with Gasteiger partial charge in [-0.25, -0.2) is 4.98 Å². The number of piperazine rings is 1. The zero-order chi connectivity index (χ0) is 17.2. The fourth-order valence-electron chi connectivity index (χ4n) is 3.27. The Hall–Kier alpha value is -3.22. The van der Waals surface area contributed by atoms with Crippen LogP contribution in [0.5, 0.6) is 0 Å². The van der Waals surface area contributed by atoms with Gasteiger partial charge in [-0.2, -0.15) is 0 Å². The van der Waals surface area contributed by atoms with Crippen LogP contribution in [-0.2, 0) is 0 Å². The molecule has 3 heterocycles. The molecule has 7 nitrogen and oxygen atoms in total. The molecule has 0 radical (unpaired) electrons. The summed E-state index contributed by atoms with van der Waals surface area (Å²) < 4.78 is 0. The van der Waals surface area contributed by atoms with E-state index in [1.165, 1.54) is 0 Å². The predicted octanol–water partition coefficient (Wildman–Crippen LogP) is 2.86. The van der Waals surface area contributed by atoms with Gasteiger partial charge in [0.15, 0.2) is 0 Å². The highest BCUT2D eigenvalue weighted by molar-refractivity contribution is 5.97. The van der Waals surface area contributed by atoms with E-state index in [4.69, 9.17) is 0 Å². The minimum atomic E-state index is -0.354. The number of hydrogen-bond donors (Lipinski definition) is 0. The Morgan fingerprint density at radius 2 is 1.64 bits per heavy atom. The molecular weight excluding hydrogens is 318 g/mol. The Kier molecular flexibility index (Phi) is 3.89. The van der Waals surface area contributed by atoms with E-state index < -0.39 is 0 Å². The Balaban J connectivity index is 1.62. The molecule has 2 aromatic heterocycles. The summed E-state index contributed by atoms with van der Waals surface area (Å²) in [6.07, 6.45) is 3.48. The van der Waals surface area contributed by atoms with Crippen LogP contribution in [0.3, 0.4) is 0 Å². The van der Waals surface area contributed by atoms with Gasteiger partial charge in [0.1, 0.15) is 11.3 Å². The van der Waals surface area contributed by atoms with Gasteiger partial charge in [-0.3, -0.25) is 15.1 Å². The highest BCUT2D eigenvalue weighted by Crippen LogP contribution is 2.32. The number of non-ortho nitro benzene ring substituents is 1. The quantitative estimate of drug-likeness (QED) is 0.541. The molecule has 0 bridgehead atoms. The lowest BCUT2D eigenvalue weighted by atomic mass is 10.1. The lowest BCUT2D eigenvalue weighted by molar-refractivity contribution is -0.383. The van der Waals surface area contributed by atoms with Gasteiger partial charge in [0.25, 0.3) is 5.69 Å². The number of hydrogen-bond acceptors (Lipinski definition) is 6. The van der Waals surface area contributed by atoms with Crippen LogP contribution < -0.4 is 9.80 Å². The molecule has 1 saturated heterocycles. The summed E-state index contributed by atoms with van der Waals surface area (Å²) in [5.41, 5.74) is 1.73. The Bertz CT molecular complexity index is 908. The van der Waals surface area contributed by atoms with Gasteiger partial charge < -0.3 is 9.80 Å².